The summed E-state index contributed by atoms with van der Waals surface area (Å²) >= 11 is 0. The third kappa shape index (κ3) is 1.62. The first kappa shape index (κ1) is 9.56. The highest BCUT2D eigenvalue weighted by atomic mass is 16.2. The highest BCUT2D eigenvalue weighted by Gasteiger charge is 2.34. The number of rotatable bonds is 3. The summed E-state index contributed by atoms with van der Waals surface area (Å²) < 4.78 is 0. The fourth-order valence-corrected chi connectivity index (χ4v) is 2.22. The Morgan fingerprint density at radius 2 is 2.08 bits per heavy atom. The van der Waals surface area contributed by atoms with Crippen molar-refractivity contribution in [1.82, 2.24) is 5.32 Å². The van der Waals surface area contributed by atoms with Gasteiger partial charge in [-0.1, -0.05) is 33.6 Å². The zero-order valence-corrected chi connectivity index (χ0v) is 8.26. The van der Waals surface area contributed by atoms with Crippen molar-refractivity contribution in [3.05, 3.63) is 0 Å². The minimum absolute atomic E-state index is 0.231. The zero-order chi connectivity index (χ0) is 9.14. The highest BCUT2D eigenvalue weighted by Crippen LogP contribution is 2.29. The summed E-state index contributed by atoms with van der Waals surface area (Å²) in [6.45, 7) is 7.37. The van der Waals surface area contributed by atoms with Crippen molar-refractivity contribution < 1.29 is 4.79 Å². The van der Waals surface area contributed by atoms with Crippen LogP contribution in [0, 0.1) is 17.8 Å². The number of hydrogen-bond donors (Lipinski definition) is 1. The maximum absolute atomic E-state index is 11.2. The molecule has 2 heteroatoms. The third-order valence-corrected chi connectivity index (χ3v) is 3.22. The topological polar surface area (TPSA) is 29.1 Å². The van der Waals surface area contributed by atoms with Crippen LogP contribution < -0.4 is 5.32 Å². The molecule has 12 heavy (non-hydrogen) atoms. The Balaban J connectivity index is 2.57. The van der Waals surface area contributed by atoms with Crippen LogP contribution in [-0.4, -0.2) is 12.5 Å². The van der Waals surface area contributed by atoms with Gasteiger partial charge in [-0.15, -0.1) is 0 Å². The van der Waals surface area contributed by atoms with Gasteiger partial charge < -0.3 is 5.32 Å². The van der Waals surface area contributed by atoms with E-state index in [1.165, 1.54) is 12.8 Å². The van der Waals surface area contributed by atoms with Crippen LogP contribution in [0.2, 0.25) is 0 Å². The second kappa shape index (κ2) is 3.92. The molecule has 1 amide bonds. The third-order valence-electron chi connectivity index (χ3n) is 3.22. The summed E-state index contributed by atoms with van der Waals surface area (Å²) in [5.74, 6) is 1.77. The van der Waals surface area contributed by atoms with Crippen LogP contribution in [0.3, 0.4) is 0 Å². The molecule has 0 aliphatic carbocycles. The molecule has 0 aromatic heterocycles. The SMILES string of the molecule is CCC(CC)C1CNC(=O)C1C. The number of amides is 1. The molecule has 1 rings (SSSR count). The summed E-state index contributed by atoms with van der Waals surface area (Å²) in [6, 6.07) is 0. The predicted molar refractivity (Wildman–Crippen MR) is 49.7 cm³/mol. The standard InChI is InChI=1S/C10H19NO/c1-4-8(5-2)9-6-11-10(12)7(9)3/h7-9H,4-6H2,1-3H3,(H,11,12). The molecule has 0 bridgehead atoms. The molecular formula is C10H19NO. The largest absolute Gasteiger partial charge is 0.356 e. The second-order valence-corrected chi connectivity index (χ2v) is 3.77. The van der Waals surface area contributed by atoms with Crippen molar-refractivity contribution in [2.75, 3.05) is 6.54 Å². The lowest BCUT2D eigenvalue weighted by atomic mass is 9.81. The Hall–Kier alpha value is -0.530. The Labute approximate surface area is 74.7 Å². The van der Waals surface area contributed by atoms with Gasteiger partial charge in [-0.3, -0.25) is 4.79 Å². The van der Waals surface area contributed by atoms with Gasteiger partial charge >= 0.3 is 0 Å². The first-order valence-corrected chi connectivity index (χ1v) is 4.98. The minimum Gasteiger partial charge on any atom is -0.356 e. The van der Waals surface area contributed by atoms with Gasteiger partial charge in [0.05, 0.1) is 0 Å². The van der Waals surface area contributed by atoms with E-state index < -0.39 is 0 Å². The van der Waals surface area contributed by atoms with Crippen molar-refractivity contribution in [2.24, 2.45) is 17.8 Å². The smallest absolute Gasteiger partial charge is 0.223 e. The molecule has 1 N–H and O–H groups in total. The molecular weight excluding hydrogens is 150 g/mol. The number of nitrogens with one attached hydrogen (secondary N) is 1. The van der Waals surface area contributed by atoms with Gasteiger partial charge in [0.25, 0.3) is 0 Å². The lowest BCUT2D eigenvalue weighted by molar-refractivity contribution is -0.122. The van der Waals surface area contributed by atoms with Gasteiger partial charge in [-0.25, -0.2) is 0 Å². The van der Waals surface area contributed by atoms with Crippen molar-refractivity contribution in [3.8, 4) is 0 Å². The second-order valence-electron chi connectivity index (χ2n) is 3.77. The molecule has 2 atom stereocenters. The van der Waals surface area contributed by atoms with Gasteiger partial charge in [0, 0.05) is 12.5 Å². The minimum atomic E-state index is 0.231. The Morgan fingerprint density at radius 3 is 2.42 bits per heavy atom. The lowest BCUT2D eigenvalue weighted by Crippen LogP contribution is -2.20. The Bertz CT molecular complexity index is 163. The fourth-order valence-electron chi connectivity index (χ4n) is 2.22. The molecule has 2 nitrogen and oxygen atoms in total. The molecule has 1 heterocycles. The van der Waals surface area contributed by atoms with E-state index in [9.17, 15) is 4.79 Å². The quantitative estimate of drug-likeness (QED) is 0.686. The van der Waals surface area contributed by atoms with Crippen molar-refractivity contribution in [3.63, 3.8) is 0 Å². The van der Waals surface area contributed by atoms with Gasteiger partial charge in [-0.2, -0.15) is 0 Å². The summed E-state index contributed by atoms with van der Waals surface area (Å²) in [7, 11) is 0. The fraction of sp³-hybridized carbons (Fsp3) is 0.900. The average Bonchev–Trinajstić information content (AvgIpc) is 2.38. The molecule has 1 aliphatic heterocycles. The molecule has 0 radical (unpaired) electrons. The summed E-state index contributed by atoms with van der Waals surface area (Å²) in [5.41, 5.74) is 0. The van der Waals surface area contributed by atoms with Gasteiger partial charge in [-0.05, 0) is 11.8 Å². The van der Waals surface area contributed by atoms with Crippen LogP contribution in [0.4, 0.5) is 0 Å². The van der Waals surface area contributed by atoms with Crippen molar-refractivity contribution in [1.29, 1.82) is 0 Å². The van der Waals surface area contributed by atoms with Crippen molar-refractivity contribution in [2.45, 2.75) is 33.6 Å². The first-order valence-electron chi connectivity index (χ1n) is 4.98. The summed E-state index contributed by atoms with van der Waals surface area (Å²) in [4.78, 5) is 11.2. The van der Waals surface area contributed by atoms with E-state index in [4.69, 9.17) is 0 Å². The number of carbonyl (C=O) groups is 1. The molecule has 0 aromatic rings. The normalized spacial score (nSPS) is 29.5. The molecule has 1 fully saturated rings. The average molecular weight is 169 g/mol. The van der Waals surface area contributed by atoms with Gasteiger partial charge in [0.15, 0.2) is 0 Å². The van der Waals surface area contributed by atoms with E-state index in [-0.39, 0.29) is 11.8 Å². The lowest BCUT2D eigenvalue weighted by Gasteiger charge is -2.22. The van der Waals surface area contributed by atoms with E-state index >= 15 is 0 Å². The first-order chi connectivity index (χ1) is 5.70. The molecule has 0 saturated carbocycles. The number of hydrogen-bond acceptors (Lipinski definition) is 1. The van der Waals surface area contributed by atoms with Crippen LogP contribution in [0.15, 0.2) is 0 Å². The molecule has 0 spiro atoms. The van der Waals surface area contributed by atoms with E-state index in [1.807, 2.05) is 6.92 Å². The predicted octanol–water partition coefficient (Wildman–Crippen LogP) is 1.80. The number of carbonyl (C=O) groups excluding carboxylic acids is 1. The van der Waals surface area contributed by atoms with E-state index in [2.05, 4.69) is 19.2 Å². The van der Waals surface area contributed by atoms with Gasteiger partial charge in [0.1, 0.15) is 0 Å². The van der Waals surface area contributed by atoms with Crippen LogP contribution in [0.25, 0.3) is 0 Å². The molecule has 1 aliphatic rings. The zero-order valence-electron chi connectivity index (χ0n) is 8.26. The summed E-state index contributed by atoms with van der Waals surface area (Å²) in [5, 5.41) is 2.93. The Kier molecular flexibility index (Phi) is 3.12. The molecule has 2 unspecified atom stereocenters. The van der Waals surface area contributed by atoms with E-state index in [0.717, 1.165) is 12.5 Å². The van der Waals surface area contributed by atoms with E-state index in [1.54, 1.807) is 0 Å². The molecule has 1 saturated heterocycles. The van der Waals surface area contributed by atoms with Crippen LogP contribution >= 0.6 is 0 Å². The van der Waals surface area contributed by atoms with Crippen molar-refractivity contribution >= 4 is 5.91 Å². The van der Waals surface area contributed by atoms with Crippen LogP contribution in [-0.2, 0) is 4.79 Å². The maximum atomic E-state index is 11.2. The Morgan fingerprint density at radius 1 is 1.50 bits per heavy atom. The van der Waals surface area contributed by atoms with Crippen LogP contribution in [0.5, 0.6) is 0 Å². The van der Waals surface area contributed by atoms with E-state index in [0.29, 0.717) is 5.92 Å². The summed E-state index contributed by atoms with van der Waals surface area (Å²) in [6.07, 6.45) is 2.39. The van der Waals surface area contributed by atoms with Crippen LogP contribution in [0.1, 0.15) is 33.6 Å². The maximum Gasteiger partial charge on any atom is 0.223 e. The highest BCUT2D eigenvalue weighted by molar-refractivity contribution is 5.80. The van der Waals surface area contributed by atoms with Gasteiger partial charge in [0.2, 0.25) is 5.91 Å². The monoisotopic (exact) mass is 169 g/mol. The molecule has 0 aromatic carbocycles. The molecule has 70 valence electrons.